The van der Waals surface area contributed by atoms with Crippen molar-refractivity contribution < 1.29 is 13.2 Å². The first-order valence-electron chi connectivity index (χ1n) is 7.14. The summed E-state index contributed by atoms with van der Waals surface area (Å²) in [5, 5.41) is 0.360. The molecule has 5 nitrogen and oxygen atoms in total. The number of rotatable bonds is 3. The predicted molar refractivity (Wildman–Crippen MR) is 91.4 cm³/mol. The van der Waals surface area contributed by atoms with Crippen molar-refractivity contribution in [2.45, 2.75) is 23.5 Å². The number of hydrogen-bond acceptors (Lipinski definition) is 5. The van der Waals surface area contributed by atoms with Crippen molar-refractivity contribution in [1.29, 1.82) is 0 Å². The van der Waals surface area contributed by atoms with Crippen LogP contribution >= 0.6 is 23.4 Å². The fraction of sp³-hybridized carbons (Fsp3) is 0.267. The Morgan fingerprint density at radius 3 is 2.64 bits per heavy atom. The van der Waals surface area contributed by atoms with Crippen molar-refractivity contribution >= 4 is 40.1 Å². The lowest BCUT2D eigenvalue weighted by Gasteiger charge is -2.11. The summed E-state index contributed by atoms with van der Waals surface area (Å²) in [6, 6.07) is 2.86. The SMILES string of the molecule is CC(Sc1nc(N)cc(Cl)n1)c1cc2c(C(F)(F)F)cn(C)c2cn1. The van der Waals surface area contributed by atoms with E-state index in [2.05, 4.69) is 15.0 Å². The Morgan fingerprint density at radius 2 is 2.00 bits per heavy atom. The van der Waals surface area contributed by atoms with E-state index in [0.29, 0.717) is 16.4 Å². The van der Waals surface area contributed by atoms with Crippen LogP contribution in [0.15, 0.2) is 29.7 Å². The third kappa shape index (κ3) is 3.67. The molecule has 1 atom stereocenters. The maximum Gasteiger partial charge on any atom is 0.418 e. The van der Waals surface area contributed by atoms with Crippen molar-refractivity contribution in [3.63, 3.8) is 0 Å². The number of nitrogens with zero attached hydrogens (tertiary/aromatic N) is 4. The standard InChI is InChI=1S/C15H13ClF3N5S/c1-7(25-14-22-12(16)4-13(20)23-14)10-3-8-9(15(17,18)19)6-24(2)11(8)5-21-10/h3-7H,1-2H3,(H2,20,22,23). The van der Waals surface area contributed by atoms with E-state index in [-0.39, 0.29) is 21.6 Å². The number of nitrogens with two attached hydrogens (primary N) is 1. The van der Waals surface area contributed by atoms with E-state index in [4.69, 9.17) is 17.3 Å². The van der Waals surface area contributed by atoms with Crippen molar-refractivity contribution in [3.05, 3.63) is 40.9 Å². The molecular weight excluding hydrogens is 375 g/mol. The van der Waals surface area contributed by atoms with Gasteiger partial charge < -0.3 is 10.3 Å². The maximum absolute atomic E-state index is 13.2. The topological polar surface area (TPSA) is 69.6 Å². The zero-order valence-corrected chi connectivity index (χ0v) is 14.7. The first-order valence-corrected chi connectivity index (χ1v) is 8.40. The molecular formula is C15H13ClF3N5S. The van der Waals surface area contributed by atoms with E-state index in [1.165, 1.54) is 34.7 Å². The molecule has 2 N–H and O–H groups in total. The van der Waals surface area contributed by atoms with Gasteiger partial charge >= 0.3 is 6.18 Å². The largest absolute Gasteiger partial charge is 0.418 e. The number of halogens is 4. The minimum atomic E-state index is -4.43. The number of aryl methyl sites for hydroxylation is 1. The number of aromatic nitrogens is 4. The fourth-order valence-electron chi connectivity index (χ4n) is 2.43. The Labute approximate surface area is 150 Å². The van der Waals surface area contributed by atoms with Crippen LogP contribution in [0.1, 0.15) is 23.4 Å². The molecule has 0 amide bonds. The van der Waals surface area contributed by atoms with Crippen LogP contribution in [0.25, 0.3) is 10.9 Å². The minimum absolute atomic E-state index is 0.110. The summed E-state index contributed by atoms with van der Waals surface area (Å²) in [6.45, 7) is 1.80. The van der Waals surface area contributed by atoms with Crippen molar-refractivity contribution in [1.82, 2.24) is 19.5 Å². The van der Waals surface area contributed by atoms with Gasteiger partial charge in [0.2, 0.25) is 0 Å². The Morgan fingerprint density at radius 1 is 1.28 bits per heavy atom. The summed E-state index contributed by atoms with van der Waals surface area (Å²) in [6.07, 6.45) is -1.93. The molecule has 0 aromatic carbocycles. The number of pyridine rings is 1. The van der Waals surface area contributed by atoms with E-state index in [9.17, 15) is 13.2 Å². The summed E-state index contributed by atoms with van der Waals surface area (Å²) >= 11 is 7.06. The first kappa shape index (κ1) is 17.8. The maximum atomic E-state index is 13.2. The second-order valence-corrected chi connectivity index (χ2v) is 7.13. The highest BCUT2D eigenvalue weighted by molar-refractivity contribution is 7.99. The summed E-state index contributed by atoms with van der Waals surface area (Å²) in [4.78, 5) is 12.4. The van der Waals surface area contributed by atoms with Crippen LogP contribution < -0.4 is 5.73 Å². The molecule has 25 heavy (non-hydrogen) atoms. The Bertz CT molecular complexity index is 921. The van der Waals surface area contributed by atoms with Gasteiger partial charge in [-0.1, -0.05) is 23.4 Å². The van der Waals surface area contributed by atoms with Crippen molar-refractivity contribution in [3.8, 4) is 0 Å². The van der Waals surface area contributed by atoms with E-state index in [0.717, 1.165) is 6.20 Å². The predicted octanol–water partition coefficient (Wildman–Crippen LogP) is 4.47. The second-order valence-electron chi connectivity index (χ2n) is 5.44. The van der Waals surface area contributed by atoms with Crippen LogP contribution in [0.4, 0.5) is 19.0 Å². The quantitative estimate of drug-likeness (QED) is 0.408. The van der Waals surface area contributed by atoms with Gasteiger partial charge in [-0.15, -0.1) is 0 Å². The first-order chi connectivity index (χ1) is 11.6. The summed E-state index contributed by atoms with van der Waals surface area (Å²) in [5.74, 6) is 0.223. The van der Waals surface area contributed by atoms with Gasteiger partial charge in [0.25, 0.3) is 0 Å². The molecule has 0 spiro atoms. The Balaban J connectivity index is 1.98. The van der Waals surface area contributed by atoms with Gasteiger partial charge in [-0.25, -0.2) is 9.97 Å². The molecule has 10 heteroatoms. The van der Waals surface area contributed by atoms with Crippen LogP contribution in [0.3, 0.4) is 0 Å². The van der Waals surface area contributed by atoms with Crippen LogP contribution in [0.5, 0.6) is 0 Å². The lowest BCUT2D eigenvalue weighted by atomic mass is 10.1. The molecule has 3 rings (SSSR count). The third-order valence-electron chi connectivity index (χ3n) is 3.60. The van der Waals surface area contributed by atoms with E-state index < -0.39 is 11.7 Å². The summed E-state index contributed by atoms with van der Waals surface area (Å²) in [5.41, 5.74) is 5.84. The average Bonchev–Trinajstić information content (AvgIpc) is 2.83. The molecule has 0 aliphatic carbocycles. The van der Waals surface area contributed by atoms with E-state index in [1.807, 2.05) is 0 Å². The number of alkyl halides is 3. The van der Waals surface area contributed by atoms with Gasteiger partial charge in [-0.3, -0.25) is 4.98 Å². The second kappa shape index (κ2) is 6.38. The highest BCUT2D eigenvalue weighted by Gasteiger charge is 2.34. The molecule has 0 saturated heterocycles. The zero-order chi connectivity index (χ0) is 18.4. The molecule has 0 aliphatic heterocycles. The van der Waals surface area contributed by atoms with Crippen LogP contribution in [-0.2, 0) is 13.2 Å². The lowest BCUT2D eigenvalue weighted by Crippen LogP contribution is -2.04. The monoisotopic (exact) mass is 387 g/mol. The zero-order valence-electron chi connectivity index (χ0n) is 13.2. The smallest absolute Gasteiger partial charge is 0.384 e. The Hall–Kier alpha value is -2.00. The lowest BCUT2D eigenvalue weighted by molar-refractivity contribution is -0.136. The molecule has 0 bridgehead atoms. The Kier molecular flexibility index (Phi) is 4.54. The van der Waals surface area contributed by atoms with Crippen LogP contribution in [-0.4, -0.2) is 19.5 Å². The molecule has 0 aliphatic rings. The molecule has 132 valence electrons. The van der Waals surface area contributed by atoms with E-state index in [1.54, 1.807) is 14.0 Å². The van der Waals surface area contributed by atoms with Crippen molar-refractivity contribution in [2.24, 2.45) is 7.05 Å². The number of fused-ring (bicyclic) bond motifs is 1. The number of nitrogen functional groups attached to an aromatic ring is 1. The molecule has 3 heterocycles. The molecule has 0 saturated carbocycles. The number of anilines is 1. The molecule has 1 unspecified atom stereocenters. The average molecular weight is 388 g/mol. The number of hydrogen-bond donors (Lipinski definition) is 1. The van der Waals surface area contributed by atoms with Crippen LogP contribution in [0, 0.1) is 0 Å². The number of thioether (sulfide) groups is 1. The molecule has 3 aromatic rings. The third-order valence-corrected chi connectivity index (χ3v) is 4.78. The highest BCUT2D eigenvalue weighted by atomic mass is 35.5. The summed E-state index contributed by atoms with van der Waals surface area (Å²) < 4.78 is 41.0. The van der Waals surface area contributed by atoms with Gasteiger partial charge in [0.15, 0.2) is 5.16 Å². The van der Waals surface area contributed by atoms with Gasteiger partial charge in [0.05, 0.1) is 28.2 Å². The van der Waals surface area contributed by atoms with Gasteiger partial charge in [0, 0.05) is 24.7 Å². The molecule has 0 radical (unpaired) electrons. The highest BCUT2D eigenvalue weighted by Crippen LogP contribution is 2.38. The van der Waals surface area contributed by atoms with Crippen LogP contribution in [0.2, 0.25) is 5.15 Å². The molecule has 0 fully saturated rings. The summed E-state index contributed by atoms with van der Waals surface area (Å²) in [7, 11) is 1.56. The van der Waals surface area contributed by atoms with Crippen molar-refractivity contribution in [2.75, 3.05) is 5.73 Å². The minimum Gasteiger partial charge on any atom is -0.384 e. The fourth-order valence-corrected chi connectivity index (χ4v) is 3.54. The van der Waals surface area contributed by atoms with E-state index >= 15 is 0 Å². The molecule has 3 aromatic heterocycles. The van der Waals surface area contributed by atoms with Gasteiger partial charge in [-0.2, -0.15) is 13.2 Å². The normalized spacial score (nSPS) is 13.4. The van der Waals surface area contributed by atoms with Gasteiger partial charge in [0.1, 0.15) is 11.0 Å². The van der Waals surface area contributed by atoms with Gasteiger partial charge in [-0.05, 0) is 13.0 Å².